The first-order valence-corrected chi connectivity index (χ1v) is 9.19. The van der Waals surface area contributed by atoms with Crippen LogP contribution in [0.25, 0.3) is 0 Å². The minimum absolute atomic E-state index is 0.791. The fourth-order valence-electron chi connectivity index (χ4n) is 3.24. The standard InChI is InChI=1S/C21H29N5/c1-22-21(23-17-18-9-11-19(12-10-18)24(2)3)26-15-13-25(14-16-26)20-7-5-4-6-8-20/h4-12H,13-17H2,1-3H3,(H,22,23). The van der Waals surface area contributed by atoms with E-state index in [1.54, 1.807) is 0 Å². The van der Waals surface area contributed by atoms with Crippen LogP contribution in [0.2, 0.25) is 0 Å². The van der Waals surface area contributed by atoms with Gasteiger partial charge in [0.25, 0.3) is 0 Å². The van der Waals surface area contributed by atoms with Gasteiger partial charge in [-0.05, 0) is 29.8 Å². The van der Waals surface area contributed by atoms with Crippen LogP contribution >= 0.6 is 0 Å². The highest BCUT2D eigenvalue weighted by molar-refractivity contribution is 5.80. The van der Waals surface area contributed by atoms with E-state index >= 15 is 0 Å². The number of hydrogen-bond acceptors (Lipinski definition) is 3. The predicted molar refractivity (Wildman–Crippen MR) is 111 cm³/mol. The zero-order valence-electron chi connectivity index (χ0n) is 16.0. The molecule has 1 aliphatic heterocycles. The van der Waals surface area contributed by atoms with Crippen LogP contribution < -0.4 is 15.1 Å². The number of para-hydroxylation sites is 1. The average Bonchev–Trinajstić information content (AvgIpc) is 2.70. The molecule has 0 aromatic heterocycles. The smallest absolute Gasteiger partial charge is 0.194 e. The first-order valence-electron chi connectivity index (χ1n) is 9.19. The van der Waals surface area contributed by atoms with E-state index in [-0.39, 0.29) is 0 Å². The van der Waals surface area contributed by atoms with Crippen LogP contribution in [0, 0.1) is 0 Å². The van der Waals surface area contributed by atoms with E-state index < -0.39 is 0 Å². The molecule has 0 bridgehead atoms. The van der Waals surface area contributed by atoms with Gasteiger partial charge in [0.2, 0.25) is 0 Å². The number of rotatable bonds is 4. The highest BCUT2D eigenvalue weighted by Crippen LogP contribution is 2.16. The van der Waals surface area contributed by atoms with Gasteiger partial charge in [-0.2, -0.15) is 0 Å². The van der Waals surface area contributed by atoms with Gasteiger partial charge in [0.1, 0.15) is 0 Å². The molecular weight excluding hydrogens is 322 g/mol. The van der Waals surface area contributed by atoms with Crippen LogP contribution in [0.15, 0.2) is 59.6 Å². The van der Waals surface area contributed by atoms with Crippen molar-refractivity contribution in [2.75, 3.05) is 57.1 Å². The summed E-state index contributed by atoms with van der Waals surface area (Å²) in [6, 6.07) is 19.3. The molecule has 0 saturated carbocycles. The van der Waals surface area contributed by atoms with Crippen molar-refractivity contribution in [1.29, 1.82) is 0 Å². The van der Waals surface area contributed by atoms with Crippen molar-refractivity contribution in [2.24, 2.45) is 4.99 Å². The zero-order valence-corrected chi connectivity index (χ0v) is 16.0. The third kappa shape index (κ3) is 4.48. The second-order valence-electron chi connectivity index (χ2n) is 6.77. The molecule has 1 N–H and O–H groups in total. The third-order valence-corrected chi connectivity index (χ3v) is 4.82. The Morgan fingerprint density at radius 1 is 0.962 bits per heavy atom. The second-order valence-corrected chi connectivity index (χ2v) is 6.77. The van der Waals surface area contributed by atoms with Crippen LogP contribution in [0.5, 0.6) is 0 Å². The highest BCUT2D eigenvalue weighted by atomic mass is 15.3. The molecule has 2 aromatic rings. The molecule has 138 valence electrons. The lowest BCUT2D eigenvalue weighted by Gasteiger charge is -2.37. The maximum Gasteiger partial charge on any atom is 0.194 e. The molecule has 1 aliphatic rings. The van der Waals surface area contributed by atoms with E-state index in [1.165, 1.54) is 16.9 Å². The summed E-state index contributed by atoms with van der Waals surface area (Å²) in [6.07, 6.45) is 0. The van der Waals surface area contributed by atoms with Gasteiger partial charge in [0.05, 0.1) is 0 Å². The molecule has 0 atom stereocenters. The maximum absolute atomic E-state index is 4.48. The fraction of sp³-hybridized carbons (Fsp3) is 0.381. The van der Waals surface area contributed by atoms with Crippen molar-refractivity contribution < 1.29 is 0 Å². The SMILES string of the molecule is CN=C(NCc1ccc(N(C)C)cc1)N1CCN(c2ccccc2)CC1. The minimum atomic E-state index is 0.791. The van der Waals surface area contributed by atoms with Crippen LogP contribution in [0.4, 0.5) is 11.4 Å². The topological polar surface area (TPSA) is 34.1 Å². The molecule has 1 fully saturated rings. The van der Waals surface area contributed by atoms with Gasteiger partial charge in [0, 0.05) is 65.2 Å². The lowest BCUT2D eigenvalue weighted by molar-refractivity contribution is 0.372. The Morgan fingerprint density at radius 3 is 2.19 bits per heavy atom. The van der Waals surface area contributed by atoms with E-state index in [0.717, 1.165) is 38.7 Å². The molecule has 5 nitrogen and oxygen atoms in total. The number of piperazine rings is 1. The number of nitrogens with one attached hydrogen (secondary N) is 1. The Labute approximate surface area is 156 Å². The van der Waals surface area contributed by atoms with Crippen LogP contribution in [0.1, 0.15) is 5.56 Å². The van der Waals surface area contributed by atoms with Crippen LogP contribution in [0.3, 0.4) is 0 Å². The van der Waals surface area contributed by atoms with E-state index in [2.05, 4.69) is 93.7 Å². The summed E-state index contributed by atoms with van der Waals surface area (Å²) < 4.78 is 0. The fourth-order valence-corrected chi connectivity index (χ4v) is 3.24. The van der Waals surface area contributed by atoms with Gasteiger partial charge in [-0.25, -0.2) is 0 Å². The number of aliphatic imine (C=N–C) groups is 1. The third-order valence-electron chi connectivity index (χ3n) is 4.82. The lowest BCUT2D eigenvalue weighted by atomic mass is 10.2. The van der Waals surface area contributed by atoms with Crippen molar-refractivity contribution in [3.05, 3.63) is 60.2 Å². The quantitative estimate of drug-likeness (QED) is 0.678. The Balaban J connectivity index is 1.52. The van der Waals surface area contributed by atoms with Gasteiger partial charge in [-0.3, -0.25) is 4.99 Å². The molecule has 0 unspecified atom stereocenters. The first-order chi connectivity index (χ1) is 12.7. The van der Waals surface area contributed by atoms with E-state index in [4.69, 9.17) is 0 Å². The number of nitrogens with zero attached hydrogens (tertiary/aromatic N) is 4. The Hall–Kier alpha value is -2.69. The van der Waals surface area contributed by atoms with Gasteiger partial charge in [-0.15, -0.1) is 0 Å². The van der Waals surface area contributed by atoms with E-state index in [9.17, 15) is 0 Å². The zero-order chi connectivity index (χ0) is 18.4. The normalized spacial score (nSPS) is 15.1. The molecule has 3 rings (SSSR count). The summed E-state index contributed by atoms with van der Waals surface area (Å²) in [7, 11) is 5.98. The lowest BCUT2D eigenvalue weighted by Crippen LogP contribution is -2.52. The van der Waals surface area contributed by atoms with Crippen molar-refractivity contribution in [1.82, 2.24) is 10.2 Å². The summed E-state index contributed by atoms with van der Waals surface area (Å²) in [5, 5.41) is 3.50. The summed E-state index contributed by atoms with van der Waals surface area (Å²) in [4.78, 5) is 11.4. The van der Waals surface area contributed by atoms with E-state index in [1.807, 2.05) is 7.05 Å². The van der Waals surface area contributed by atoms with Gasteiger partial charge in [-0.1, -0.05) is 30.3 Å². The molecule has 1 heterocycles. The van der Waals surface area contributed by atoms with Crippen molar-refractivity contribution in [2.45, 2.75) is 6.54 Å². The molecule has 1 saturated heterocycles. The monoisotopic (exact) mass is 351 g/mol. The van der Waals surface area contributed by atoms with Gasteiger partial charge >= 0.3 is 0 Å². The number of benzene rings is 2. The summed E-state index contributed by atoms with van der Waals surface area (Å²) in [5.41, 5.74) is 3.78. The molecule has 0 amide bonds. The molecule has 2 aromatic carbocycles. The highest BCUT2D eigenvalue weighted by Gasteiger charge is 2.19. The number of hydrogen-bond donors (Lipinski definition) is 1. The van der Waals surface area contributed by atoms with Crippen molar-refractivity contribution in [3.8, 4) is 0 Å². The summed E-state index contributed by atoms with van der Waals surface area (Å²) >= 11 is 0. The molecule has 26 heavy (non-hydrogen) atoms. The molecule has 0 aliphatic carbocycles. The molecule has 5 heteroatoms. The Morgan fingerprint density at radius 2 is 1.62 bits per heavy atom. The second kappa shape index (κ2) is 8.61. The molecular formula is C21H29N5. The van der Waals surface area contributed by atoms with Gasteiger partial charge < -0.3 is 20.0 Å². The number of guanidine groups is 1. The van der Waals surface area contributed by atoms with Gasteiger partial charge in [0.15, 0.2) is 5.96 Å². The summed E-state index contributed by atoms with van der Waals surface area (Å²) in [5.74, 6) is 0.981. The average molecular weight is 351 g/mol. The Bertz CT molecular complexity index is 701. The largest absolute Gasteiger partial charge is 0.378 e. The van der Waals surface area contributed by atoms with Crippen molar-refractivity contribution >= 4 is 17.3 Å². The van der Waals surface area contributed by atoms with Crippen molar-refractivity contribution in [3.63, 3.8) is 0 Å². The summed E-state index contributed by atoms with van der Waals surface area (Å²) in [6.45, 7) is 4.78. The predicted octanol–water partition coefficient (Wildman–Crippen LogP) is 2.65. The van der Waals surface area contributed by atoms with Crippen LogP contribution in [-0.2, 0) is 6.54 Å². The molecule has 0 radical (unpaired) electrons. The molecule has 0 spiro atoms. The number of anilines is 2. The van der Waals surface area contributed by atoms with E-state index in [0.29, 0.717) is 0 Å². The van der Waals surface area contributed by atoms with Crippen LogP contribution in [-0.4, -0.2) is 58.2 Å². The first kappa shape index (κ1) is 18.1. The Kier molecular flexibility index (Phi) is 6.00. The minimum Gasteiger partial charge on any atom is -0.378 e. The maximum atomic E-state index is 4.48.